The van der Waals surface area contributed by atoms with Gasteiger partial charge >= 0.3 is 0 Å². The van der Waals surface area contributed by atoms with Crippen molar-refractivity contribution >= 4 is 27.0 Å². The van der Waals surface area contributed by atoms with Crippen LogP contribution in [0.15, 0.2) is 0 Å². The SMILES string of the molecule is C1CCCCC1.C1CCCCC1.C1CCCCC1.C1CCCCC1.S.S. The van der Waals surface area contributed by atoms with Gasteiger partial charge in [-0.1, -0.05) is 154 Å². The molecular weight excluding hydrogens is 352 g/mol. The average Bonchev–Trinajstić information content (AvgIpc) is 2.75. The van der Waals surface area contributed by atoms with Gasteiger partial charge in [0, 0.05) is 0 Å². The average molecular weight is 405 g/mol. The molecule has 0 unspecified atom stereocenters. The van der Waals surface area contributed by atoms with Crippen molar-refractivity contribution in [3.8, 4) is 0 Å². The van der Waals surface area contributed by atoms with Crippen molar-refractivity contribution in [1.82, 2.24) is 0 Å². The van der Waals surface area contributed by atoms with Crippen LogP contribution in [0.1, 0.15) is 154 Å². The highest BCUT2D eigenvalue weighted by molar-refractivity contribution is 7.59. The highest BCUT2D eigenvalue weighted by Crippen LogP contribution is 2.17. The lowest BCUT2D eigenvalue weighted by Gasteiger charge is -2.05. The zero-order chi connectivity index (χ0) is 17.0. The molecule has 0 radical (unpaired) electrons. The Hall–Kier alpha value is 0.700. The van der Waals surface area contributed by atoms with Crippen LogP contribution in [0.5, 0.6) is 0 Å². The van der Waals surface area contributed by atoms with Crippen molar-refractivity contribution < 1.29 is 0 Å². The molecule has 2 heteroatoms. The molecule has 0 bridgehead atoms. The quantitative estimate of drug-likeness (QED) is 0.377. The van der Waals surface area contributed by atoms with Gasteiger partial charge in [-0.15, -0.1) is 0 Å². The molecule has 0 aliphatic heterocycles. The lowest BCUT2D eigenvalue weighted by molar-refractivity contribution is 0.504. The first-order chi connectivity index (χ1) is 12.0. The maximum Gasteiger partial charge on any atom is -0.0533 e. The summed E-state index contributed by atoms with van der Waals surface area (Å²) >= 11 is 0. The van der Waals surface area contributed by atoms with E-state index in [2.05, 4.69) is 0 Å². The second-order valence-corrected chi connectivity index (χ2v) is 8.49. The molecular formula is C24H52S2. The third-order valence-corrected chi connectivity index (χ3v) is 6.00. The fraction of sp³-hybridized carbons (Fsp3) is 1.00. The molecule has 4 fully saturated rings. The largest absolute Gasteiger partial charge is 0.197 e. The summed E-state index contributed by atoms with van der Waals surface area (Å²) in [6.45, 7) is 0. The molecule has 4 aliphatic rings. The van der Waals surface area contributed by atoms with Crippen molar-refractivity contribution in [3.63, 3.8) is 0 Å². The molecule has 0 atom stereocenters. The normalized spacial score (nSPS) is 22.2. The molecule has 0 aromatic heterocycles. The Bertz CT molecular complexity index is 120. The summed E-state index contributed by atoms with van der Waals surface area (Å²) < 4.78 is 0. The molecule has 26 heavy (non-hydrogen) atoms. The Labute approximate surface area is 181 Å². The third kappa shape index (κ3) is 22.7. The van der Waals surface area contributed by atoms with Gasteiger partial charge in [-0.05, 0) is 0 Å². The van der Waals surface area contributed by atoms with Crippen LogP contribution in [-0.2, 0) is 0 Å². The van der Waals surface area contributed by atoms with Crippen LogP contribution in [-0.4, -0.2) is 0 Å². The van der Waals surface area contributed by atoms with E-state index in [1.807, 2.05) is 0 Å². The van der Waals surface area contributed by atoms with Gasteiger partial charge in [0.25, 0.3) is 0 Å². The van der Waals surface area contributed by atoms with E-state index in [9.17, 15) is 0 Å². The van der Waals surface area contributed by atoms with E-state index in [4.69, 9.17) is 0 Å². The highest BCUT2D eigenvalue weighted by Gasteiger charge is 1.97. The molecule has 4 aliphatic carbocycles. The summed E-state index contributed by atoms with van der Waals surface area (Å²) in [6.07, 6.45) is 36.0. The molecule has 0 heterocycles. The first kappa shape index (κ1) is 28.9. The minimum Gasteiger partial charge on any atom is -0.197 e. The molecule has 0 spiro atoms. The Kier molecular flexibility index (Phi) is 28.6. The van der Waals surface area contributed by atoms with Crippen LogP contribution in [0, 0.1) is 0 Å². The molecule has 160 valence electrons. The second-order valence-electron chi connectivity index (χ2n) is 8.49. The third-order valence-electron chi connectivity index (χ3n) is 6.00. The fourth-order valence-corrected chi connectivity index (χ4v) is 4.24. The van der Waals surface area contributed by atoms with Gasteiger partial charge in [0.1, 0.15) is 0 Å². The van der Waals surface area contributed by atoms with E-state index in [0.717, 1.165) is 0 Å². The monoisotopic (exact) mass is 404 g/mol. The van der Waals surface area contributed by atoms with Crippen molar-refractivity contribution in [2.24, 2.45) is 0 Å². The molecule has 4 saturated carbocycles. The maximum atomic E-state index is 1.50. The molecule has 0 aromatic rings. The maximum absolute atomic E-state index is 1.50. The van der Waals surface area contributed by atoms with Gasteiger partial charge in [0.05, 0.1) is 0 Å². The number of rotatable bonds is 0. The standard InChI is InChI=1S/4C6H12.2H2S/c4*1-2-4-6-5-3-1;;/h4*1-6H2;2*1H2. The van der Waals surface area contributed by atoms with Crippen LogP contribution in [0.2, 0.25) is 0 Å². The van der Waals surface area contributed by atoms with Crippen molar-refractivity contribution in [3.05, 3.63) is 0 Å². The van der Waals surface area contributed by atoms with Gasteiger partial charge < -0.3 is 0 Å². The first-order valence-electron chi connectivity index (χ1n) is 12.0. The van der Waals surface area contributed by atoms with E-state index in [-0.39, 0.29) is 27.0 Å². The summed E-state index contributed by atoms with van der Waals surface area (Å²) in [7, 11) is 0. The van der Waals surface area contributed by atoms with Gasteiger partial charge in [-0.2, -0.15) is 27.0 Å². The molecule has 0 amide bonds. The molecule has 0 aromatic carbocycles. The van der Waals surface area contributed by atoms with Gasteiger partial charge in [-0.25, -0.2) is 0 Å². The topological polar surface area (TPSA) is 0 Å². The van der Waals surface area contributed by atoms with E-state index in [0.29, 0.717) is 0 Å². The molecule has 0 nitrogen and oxygen atoms in total. The van der Waals surface area contributed by atoms with Crippen LogP contribution in [0.25, 0.3) is 0 Å². The Balaban J connectivity index is 0. The van der Waals surface area contributed by atoms with Crippen LogP contribution < -0.4 is 0 Å². The van der Waals surface area contributed by atoms with E-state index in [1.165, 1.54) is 154 Å². The predicted octanol–water partition coefficient (Wildman–Crippen LogP) is 9.59. The van der Waals surface area contributed by atoms with Crippen molar-refractivity contribution in [1.29, 1.82) is 0 Å². The Morgan fingerprint density at radius 2 is 0.154 bits per heavy atom. The minimum absolute atomic E-state index is 0. The van der Waals surface area contributed by atoms with Crippen molar-refractivity contribution in [2.75, 3.05) is 0 Å². The van der Waals surface area contributed by atoms with E-state index < -0.39 is 0 Å². The molecule has 0 N–H and O–H groups in total. The van der Waals surface area contributed by atoms with Crippen LogP contribution >= 0.6 is 27.0 Å². The summed E-state index contributed by atoms with van der Waals surface area (Å²) in [5.74, 6) is 0. The summed E-state index contributed by atoms with van der Waals surface area (Å²) in [5.41, 5.74) is 0. The highest BCUT2D eigenvalue weighted by atomic mass is 32.1. The zero-order valence-electron chi connectivity index (χ0n) is 18.0. The Morgan fingerprint density at radius 3 is 0.192 bits per heavy atom. The van der Waals surface area contributed by atoms with Gasteiger partial charge in [0.15, 0.2) is 0 Å². The zero-order valence-corrected chi connectivity index (χ0v) is 20.0. The summed E-state index contributed by atoms with van der Waals surface area (Å²) in [6, 6.07) is 0. The lowest BCUT2D eigenvalue weighted by Crippen LogP contribution is -1.85. The number of hydrogen-bond donors (Lipinski definition) is 0. The Morgan fingerprint density at radius 1 is 0.115 bits per heavy atom. The van der Waals surface area contributed by atoms with Crippen LogP contribution in [0.4, 0.5) is 0 Å². The van der Waals surface area contributed by atoms with Gasteiger partial charge in [-0.3, -0.25) is 0 Å². The first-order valence-corrected chi connectivity index (χ1v) is 12.0. The van der Waals surface area contributed by atoms with E-state index in [1.54, 1.807) is 0 Å². The predicted molar refractivity (Wildman–Crippen MR) is 132 cm³/mol. The number of hydrogen-bond acceptors (Lipinski definition) is 0. The van der Waals surface area contributed by atoms with Crippen LogP contribution in [0.3, 0.4) is 0 Å². The van der Waals surface area contributed by atoms with Gasteiger partial charge in [0.2, 0.25) is 0 Å². The van der Waals surface area contributed by atoms with Crippen molar-refractivity contribution in [2.45, 2.75) is 154 Å². The second kappa shape index (κ2) is 25.7. The fourth-order valence-electron chi connectivity index (χ4n) is 4.24. The molecule has 4 rings (SSSR count). The minimum atomic E-state index is 0. The lowest BCUT2D eigenvalue weighted by atomic mass is 10.0. The molecule has 0 saturated heterocycles. The smallest absolute Gasteiger partial charge is 0.0533 e. The summed E-state index contributed by atoms with van der Waals surface area (Å²) in [4.78, 5) is 0. The summed E-state index contributed by atoms with van der Waals surface area (Å²) in [5, 5.41) is 0. The van der Waals surface area contributed by atoms with E-state index >= 15 is 0 Å².